The molecule has 0 aliphatic carbocycles. The van der Waals surface area contributed by atoms with Gasteiger partial charge in [-0.1, -0.05) is 18.2 Å². The summed E-state index contributed by atoms with van der Waals surface area (Å²) >= 11 is 0. The van der Waals surface area contributed by atoms with Crippen LogP contribution in [-0.4, -0.2) is 15.5 Å². The van der Waals surface area contributed by atoms with Crippen LogP contribution in [-0.2, 0) is 11.3 Å². The molecule has 0 saturated heterocycles. The van der Waals surface area contributed by atoms with Crippen LogP contribution in [0.5, 0.6) is 0 Å². The van der Waals surface area contributed by atoms with E-state index in [0.717, 1.165) is 22.3 Å². The summed E-state index contributed by atoms with van der Waals surface area (Å²) < 4.78 is 1.99. The average molecular weight is 294 g/mol. The lowest BCUT2D eigenvalue weighted by Crippen LogP contribution is -2.15. The summed E-state index contributed by atoms with van der Waals surface area (Å²) in [5.41, 5.74) is 10.2. The fourth-order valence-electron chi connectivity index (χ4n) is 2.41. The Morgan fingerprint density at radius 3 is 2.91 bits per heavy atom. The van der Waals surface area contributed by atoms with Crippen LogP contribution < -0.4 is 11.1 Å². The molecule has 0 radical (unpaired) electrons. The standard InChI is InChI=1S/C17H18N4O/c1-12-13(18)5-4-7-14(12)20-17(22)9-10-21-11-19-15-6-2-3-8-16(15)21/h2-8,11H,9-10,18H2,1H3,(H,20,22). The van der Waals surface area contributed by atoms with Crippen molar-refractivity contribution in [2.75, 3.05) is 11.1 Å². The van der Waals surface area contributed by atoms with Gasteiger partial charge in [0.1, 0.15) is 0 Å². The van der Waals surface area contributed by atoms with Crippen LogP contribution in [0.3, 0.4) is 0 Å². The lowest BCUT2D eigenvalue weighted by atomic mass is 10.1. The normalized spacial score (nSPS) is 10.8. The predicted octanol–water partition coefficient (Wildman–Crippen LogP) is 2.96. The number of anilines is 2. The van der Waals surface area contributed by atoms with E-state index in [-0.39, 0.29) is 5.91 Å². The molecule has 0 spiro atoms. The van der Waals surface area contributed by atoms with Gasteiger partial charge in [-0.2, -0.15) is 0 Å². The number of nitrogen functional groups attached to an aromatic ring is 1. The Bertz CT molecular complexity index is 822. The molecular weight excluding hydrogens is 276 g/mol. The zero-order valence-corrected chi connectivity index (χ0v) is 12.4. The number of para-hydroxylation sites is 2. The van der Waals surface area contributed by atoms with Gasteiger partial charge in [-0.15, -0.1) is 0 Å². The largest absolute Gasteiger partial charge is 0.398 e. The van der Waals surface area contributed by atoms with Gasteiger partial charge >= 0.3 is 0 Å². The summed E-state index contributed by atoms with van der Waals surface area (Å²) in [7, 11) is 0. The van der Waals surface area contributed by atoms with Gasteiger partial charge in [-0.25, -0.2) is 4.98 Å². The van der Waals surface area contributed by atoms with Gasteiger partial charge in [0.05, 0.1) is 17.4 Å². The molecule has 1 aromatic heterocycles. The van der Waals surface area contributed by atoms with Gasteiger partial charge in [0.25, 0.3) is 0 Å². The van der Waals surface area contributed by atoms with Gasteiger partial charge in [-0.05, 0) is 36.8 Å². The first-order valence-electron chi connectivity index (χ1n) is 7.20. The van der Waals surface area contributed by atoms with Crippen molar-refractivity contribution in [2.45, 2.75) is 19.9 Å². The van der Waals surface area contributed by atoms with E-state index in [9.17, 15) is 4.79 Å². The van der Waals surface area contributed by atoms with Gasteiger partial charge in [0.2, 0.25) is 5.91 Å². The highest BCUT2D eigenvalue weighted by Crippen LogP contribution is 2.20. The Labute approximate surface area is 128 Å². The van der Waals surface area contributed by atoms with Crippen molar-refractivity contribution in [3.8, 4) is 0 Å². The molecule has 22 heavy (non-hydrogen) atoms. The highest BCUT2D eigenvalue weighted by atomic mass is 16.1. The summed E-state index contributed by atoms with van der Waals surface area (Å²) in [5, 5.41) is 2.91. The molecule has 0 saturated carbocycles. The smallest absolute Gasteiger partial charge is 0.226 e. The van der Waals surface area contributed by atoms with Gasteiger partial charge < -0.3 is 15.6 Å². The Morgan fingerprint density at radius 1 is 1.23 bits per heavy atom. The molecule has 1 amide bonds. The molecule has 5 nitrogen and oxygen atoms in total. The third-order valence-electron chi connectivity index (χ3n) is 3.76. The van der Waals surface area contributed by atoms with Crippen molar-refractivity contribution in [1.29, 1.82) is 0 Å². The SMILES string of the molecule is Cc1c(N)cccc1NC(=O)CCn1cnc2ccccc21. The first-order chi connectivity index (χ1) is 10.6. The minimum Gasteiger partial charge on any atom is -0.398 e. The molecule has 3 aromatic rings. The number of carbonyl (C=O) groups excluding carboxylic acids is 1. The Kier molecular flexibility index (Phi) is 3.78. The molecule has 0 bridgehead atoms. The Morgan fingerprint density at radius 2 is 2.05 bits per heavy atom. The second-order valence-electron chi connectivity index (χ2n) is 5.24. The number of amides is 1. The molecular formula is C17H18N4O. The second-order valence-corrected chi connectivity index (χ2v) is 5.24. The maximum atomic E-state index is 12.1. The zero-order chi connectivity index (χ0) is 15.5. The second kappa shape index (κ2) is 5.89. The van der Waals surface area contributed by atoms with Crippen molar-refractivity contribution in [2.24, 2.45) is 0 Å². The lowest BCUT2D eigenvalue weighted by molar-refractivity contribution is -0.116. The van der Waals surface area contributed by atoms with Crippen molar-refractivity contribution in [3.05, 3.63) is 54.4 Å². The molecule has 3 rings (SSSR count). The average Bonchev–Trinajstić information content (AvgIpc) is 2.93. The van der Waals surface area contributed by atoms with Crippen molar-refractivity contribution in [3.63, 3.8) is 0 Å². The van der Waals surface area contributed by atoms with Gasteiger partial charge in [0.15, 0.2) is 0 Å². The van der Waals surface area contributed by atoms with E-state index in [1.807, 2.05) is 54.0 Å². The molecule has 112 valence electrons. The molecule has 0 aliphatic rings. The number of hydrogen-bond donors (Lipinski definition) is 2. The molecule has 0 aliphatic heterocycles. The van der Waals surface area contributed by atoms with E-state index >= 15 is 0 Å². The van der Waals surface area contributed by atoms with Crippen molar-refractivity contribution in [1.82, 2.24) is 9.55 Å². The maximum absolute atomic E-state index is 12.1. The van der Waals surface area contributed by atoms with Crippen molar-refractivity contribution >= 4 is 28.3 Å². The summed E-state index contributed by atoms with van der Waals surface area (Å²) in [6.45, 7) is 2.49. The maximum Gasteiger partial charge on any atom is 0.226 e. The van der Waals surface area contributed by atoms with E-state index in [2.05, 4.69) is 10.3 Å². The molecule has 0 fully saturated rings. The minimum atomic E-state index is -0.0357. The number of nitrogens with two attached hydrogens (primary N) is 1. The summed E-state index contributed by atoms with van der Waals surface area (Å²) in [5.74, 6) is -0.0357. The van der Waals surface area contributed by atoms with Gasteiger partial charge in [-0.3, -0.25) is 4.79 Å². The van der Waals surface area contributed by atoms with Crippen LogP contribution in [0.15, 0.2) is 48.8 Å². The lowest BCUT2D eigenvalue weighted by Gasteiger charge is -2.10. The van der Waals surface area contributed by atoms with Crippen LogP contribution in [0.25, 0.3) is 11.0 Å². The number of nitrogens with zero attached hydrogens (tertiary/aromatic N) is 2. The first kappa shape index (κ1) is 14.1. The van der Waals surface area contributed by atoms with Crippen molar-refractivity contribution < 1.29 is 4.79 Å². The fraction of sp³-hybridized carbons (Fsp3) is 0.176. The van der Waals surface area contributed by atoms with Gasteiger partial charge in [0, 0.05) is 24.3 Å². The zero-order valence-electron chi connectivity index (χ0n) is 12.4. The van der Waals surface area contributed by atoms with Crippen LogP contribution in [0.2, 0.25) is 0 Å². The number of fused-ring (bicyclic) bond motifs is 1. The number of nitrogens with one attached hydrogen (secondary N) is 1. The number of imidazole rings is 1. The van der Waals surface area contributed by atoms with Crippen LogP contribution >= 0.6 is 0 Å². The summed E-state index contributed by atoms with van der Waals surface area (Å²) in [6, 6.07) is 13.4. The predicted molar refractivity (Wildman–Crippen MR) is 88.6 cm³/mol. The Balaban J connectivity index is 1.66. The van der Waals surface area contributed by atoms with E-state index in [1.165, 1.54) is 0 Å². The number of rotatable bonds is 4. The van der Waals surface area contributed by atoms with E-state index < -0.39 is 0 Å². The number of aryl methyl sites for hydroxylation is 1. The number of hydrogen-bond acceptors (Lipinski definition) is 3. The molecule has 0 atom stereocenters. The summed E-state index contributed by atoms with van der Waals surface area (Å²) in [6.07, 6.45) is 2.15. The highest BCUT2D eigenvalue weighted by Gasteiger charge is 2.08. The minimum absolute atomic E-state index is 0.0357. The number of benzene rings is 2. The molecule has 5 heteroatoms. The molecule has 0 unspecified atom stereocenters. The number of aromatic nitrogens is 2. The van der Waals surface area contributed by atoms with Crippen LogP contribution in [0.1, 0.15) is 12.0 Å². The summed E-state index contributed by atoms with van der Waals surface area (Å²) in [4.78, 5) is 16.4. The highest BCUT2D eigenvalue weighted by molar-refractivity contribution is 5.92. The van der Waals surface area contributed by atoms with Crippen LogP contribution in [0, 0.1) is 6.92 Å². The quantitative estimate of drug-likeness (QED) is 0.727. The Hall–Kier alpha value is -2.82. The third kappa shape index (κ3) is 2.79. The number of carbonyl (C=O) groups is 1. The van der Waals surface area contributed by atoms with Crippen LogP contribution in [0.4, 0.5) is 11.4 Å². The molecule has 2 aromatic carbocycles. The van der Waals surface area contributed by atoms with E-state index in [4.69, 9.17) is 5.73 Å². The van der Waals surface area contributed by atoms with E-state index in [0.29, 0.717) is 18.7 Å². The molecule has 3 N–H and O–H groups in total. The molecule has 1 heterocycles. The third-order valence-corrected chi connectivity index (χ3v) is 3.76. The topological polar surface area (TPSA) is 72.9 Å². The monoisotopic (exact) mass is 294 g/mol. The fourth-order valence-corrected chi connectivity index (χ4v) is 2.41. The first-order valence-corrected chi connectivity index (χ1v) is 7.20. The van der Waals surface area contributed by atoms with E-state index in [1.54, 1.807) is 6.33 Å².